The molecule has 0 radical (unpaired) electrons. The molecular weight excluding hydrogens is 357 g/mol. The van der Waals surface area contributed by atoms with Crippen molar-refractivity contribution in [1.29, 1.82) is 0 Å². The summed E-state index contributed by atoms with van der Waals surface area (Å²) in [5.74, 6) is -3.50. The zero-order chi connectivity index (χ0) is 17.9. The molecule has 0 unspecified atom stereocenters. The van der Waals surface area contributed by atoms with Crippen molar-refractivity contribution in [2.45, 2.75) is 18.9 Å². The fraction of sp³-hybridized carbons (Fsp3) is 0.200. The number of carbonyl (C=O) groups excluding carboxylic acids is 1. The SMILES string of the molecule is O=C(O)CC[C@H](C(=O)O)N1C(=O)/C(=C/c2ccc(F)cc2)SC1=S. The van der Waals surface area contributed by atoms with Crippen molar-refractivity contribution in [3.63, 3.8) is 0 Å². The van der Waals surface area contributed by atoms with Gasteiger partial charge in [0.25, 0.3) is 5.91 Å². The molecule has 0 aliphatic carbocycles. The van der Waals surface area contributed by atoms with Crippen LogP contribution >= 0.6 is 24.0 Å². The van der Waals surface area contributed by atoms with E-state index in [1.165, 1.54) is 30.3 Å². The summed E-state index contributed by atoms with van der Waals surface area (Å²) in [6.07, 6.45) is 0.834. The molecule has 2 N–H and O–H groups in total. The van der Waals surface area contributed by atoms with Crippen LogP contribution in [0.3, 0.4) is 0 Å². The molecule has 24 heavy (non-hydrogen) atoms. The van der Waals surface area contributed by atoms with Gasteiger partial charge in [0.15, 0.2) is 0 Å². The lowest BCUT2D eigenvalue weighted by molar-refractivity contribution is -0.146. The van der Waals surface area contributed by atoms with Gasteiger partial charge in [0, 0.05) is 6.42 Å². The molecule has 1 saturated heterocycles. The van der Waals surface area contributed by atoms with E-state index in [0.717, 1.165) is 16.7 Å². The van der Waals surface area contributed by atoms with Crippen LogP contribution in [0.25, 0.3) is 6.08 Å². The molecule has 0 aromatic heterocycles. The molecule has 0 spiro atoms. The Hall–Kier alpha value is -2.26. The van der Waals surface area contributed by atoms with E-state index < -0.39 is 36.1 Å². The number of carboxylic acid groups (broad SMARTS) is 2. The molecule has 1 aliphatic heterocycles. The molecule has 1 heterocycles. The lowest BCUT2D eigenvalue weighted by Gasteiger charge is -2.22. The highest BCUT2D eigenvalue weighted by Gasteiger charge is 2.40. The van der Waals surface area contributed by atoms with E-state index in [0.29, 0.717) is 5.56 Å². The quantitative estimate of drug-likeness (QED) is 0.587. The molecule has 1 aromatic rings. The number of thioether (sulfide) groups is 1. The van der Waals surface area contributed by atoms with Crippen LogP contribution in [0.4, 0.5) is 4.39 Å². The molecule has 0 bridgehead atoms. The topological polar surface area (TPSA) is 94.9 Å². The van der Waals surface area contributed by atoms with Crippen LogP contribution in [0.5, 0.6) is 0 Å². The average Bonchev–Trinajstić information content (AvgIpc) is 2.77. The summed E-state index contributed by atoms with van der Waals surface area (Å²) >= 11 is 5.99. The summed E-state index contributed by atoms with van der Waals surface area (Å²) in [5, 5.41) is 18.0. The van der Waals surface area contributed by atoms with Crippen LogP contribution in [0, 0.1) is 5.82 Å². The normalized spacial score (nSPS) is 17.4. The first-order valence-electron chi connectivity index (χ1n) is 6.77. The summed E-state index contributed by atoms with van der Waals surface area (Å²) in [6.45, 7) is 0. The number of carboxylic acids is 2. The summed E-state index contributed by atoms with van der Waals surface area (Å²) in [6, 6.07) is 4.08. The third kappa shape index (κ3) is 4.18. The molecule has 9 heteroatoms. The Balaban J connectivity index is 2.24. The molecule has 6 nitrogen and oxygen atoms in total. The van der Waals surface area contributed by atoms with Crippen molar-refractivity contribution in [2.75, 3.05) is 0 Å². The van der Waals surface area contributed by atoms with E-state index >= 15 is 0 Å². The maximum absolute atomic E-state index is 12.9. The molecule has 1 amide bonds. The minimum atomic E-state index is -1.34. The number of nitrogens with zero attached hydrogens (tertiary/aromatic N) is 1. The van der Waals surface area contributed by atoms with Crippen molar-refractivity contribution in [1.82, 2.24) is 4.90 Å². The van der Waals surface area contributed by atoms with Gasteiger partial charge in [-0.3, -0.25) is 14.5 Å². The number of thiocarbonyl (C=S) groups is 1. The highest BCUT2D eigenvalue weighted by atomic mass is 32.2. The largest absolute Gasteiger partial charge is 0.481 e. The minimum Gasteiger partial charge on any atom is -0.481 e. The predicted molar refractivity (Wildman–Crippen MR) is 89.7 cm³/mol. The number of rotatable bonds is 6. The fourth-order valence-corrected chi connectivity index (χ4v) is 3.44. The lowest BCUT2D eigenvalue weighted by atomic mass is 10.1. The number of hydrogen-bond donors (Lipinski definition) is 2. The van der Waals surface area contributed by atoms with E-state index in [2.05, 4.69) is 0 Å². The van der Waals surface area contributed by atoms with Crippen LogP contribution in [0.1, 0.15) is 18.4 Å². The van der Waals surface area contributed by atoms with Crippen LogP contribution in [-0.2, 0) is 14.4 Å². The molecule has 1 aromatic carbocycles. The smallest absolute Gasteiger partial charge is 0.326 e. The van der Waals surface area contributed by atoms with Gasteiger partial charge >= 0.3 is 11.9 Å². The Morgan fingerprint density at radius 3 is 2.46 bits per heavy atom. The predicted octanol–water partition coefficient (Wildman–Crippen LogP) is 2.34. The van der Waals surface area contributed by atoms with Crippen molar-refractivity contribution in [3.05, 3.63) is 40.6 Å². The van der Waals surface area contributed by atoms with Crippen LogP contribution in [-0.4, -0.2) is 43.3 Å². The number of aliphatic carboxylic acids is 2. The summed E-state index contributed by atoms with van der Waals surface area (Å²) in [4.78, 5) is 35.6. The maximum Gasteiger partial charge on any atom is 0.326 e. The van der Waals surface area contributed by atoms with Crippen molar-refractivity contribution in [3.8, 4) is 0 Å². The van der Waals surface area contributed by atoms with Gasteiger partial charge in [-0.15, -0.1) is 0 Å². The Morgan fingerprint density at radius 1 is 1.29 bits per heavy atom. The van der Waals surface area contributed by atoms with Gasteiger partial charge in [0.2, 0.25) is 0 Å². The van der Waals surface area contributed by atoms with Gasteiger partial charge in [0.1, 0.15) is 16.2 Å². The van der Waals surface area contributed by atoms with Gasteiger partial charge in [-0.2, -0.15) is 0 Å². The van der Waals surface area contributed by atoms with Crippen LogP contribution < -0.4 is 0 Å². The van der Waals surface area contributed by atoms with Crippen LogP contribution in [0.15, 0.2) is 29.2 Å². The monoisotopic (exact) mass is 369 g/mol. The van der Waals surface area contributed by atoms with E-state index in [4.69, 9.17) is 17.3 Å². The first kappa shape index (κ1) is 18.1. The average molecular weight is 369 g/mol. The Labute approximate surface area is 146 Å². The van der Waals surface area contributed by atoms with Gasteiger partial charge in [-0.25, -0.2) is 9.18 Å². The number of hydrogen-bond acceptors (Lipinski definition) is 5. The number of amides is 1. The van der Waals surface area contributed by atoms with Crippen molar-refractivity contribution in [2.24, 2.45) is 0 Å². The van der Waals surface area contributed by atoms with Crippen LogP contribution in [0.2, 0.25) is 0 Å². The number of carbonyl (C=O) groups is 3. The first-order valence-corrected chi connectivity index (χ1v) is 7.99. The maximum atomic E-state index is 12.9. The first-order chi connectivity index (χ1) is 11.3. The van der Waals surface area contributed by atoms with Crippen molar-refractivity contribution < 1.29 is 29.0 Å². The Kier molecular flexibility index (Phi) is 5.68. The summed E-state index contributed by atoms with van der Waals surface area (Å²) in [5.41, 5.74) is 0.564. The van der Waals surface area contributed by atoms with Gasteiger partial charge in [0.05, 0.1) is 4.91 Å². The lowest BCUT2D eigenvalue weighted by Crippen LogP contribution is -2.44. The number of benzene rings is 1. The van der Waals surface area contributed by atoms with E-state index in [1.807, 2.05) is 0 Å². The Bertz CT molecular complexity index is 732. The molecule has 1 fully saturated rings. The van der Waals surface area contributed by atoms with E-state index in [1.54, 1.807) is 0 Å². The molecule has 126 valence electrons. The molecule has 1 atom stereocenters. The van der Waals surface area contributed by atoms with Gasteiger partial charge in [-0.05, 0) is 30.2 Å². The second-order valence-corrected chi connectivity index (χ2v) is 6.57. The van der Waals surface area contributed by atoms with Crippen molar-refractivity contribution >= 4 is 52.2 Å². The second kappa shape index (κ2) is 7.54. The molecule has 2 rings (SSSR count). The molecule has 1 aliphatic rings. The summed E-state index contributed by atoms with van der Waals surface area (Å²) < 4.78 is 13.0. The minimum absolute atomic E-state index is 0.0474. The van der Waals surface area contributed by atoms with E-state index in [9.17, 15) is 23.9 Å². The highest BCUT2D eigenvalue weighted by Crippen LogP contribution is 2.34. The zero-order valence-electron chi connectivity index (χ0n) is 12.1. The Morgan fingerprint density at radius 2 is 1.92 bits per heavy atom. The number of halogens is 1. The summed E-state index contributed by atoms with van der Waals surface area (Å²) in [7, 11) is 0. The zero-order valence-corrected chi connectivity index (χ0v) is 13.8. The second-order valence-electron chi connectivity index (χ2n) is 4.89. The molecule has 0 saturated carbocycles. The van der Waals surface area contributed by atoms with Gasteiger partial charge in [-0.1, -0.05) is 36.1 Å². The highest BCUT2D eigenvalue weighted by molar-refractivity contribution is 8.26. The standard InChI is InChI=1S/C15H12FNO5S2/c16-9-3-1-8(2-4-9)7-11-13(20)17(15(23)24-11)10(14(21)22)5-6-12(18)19/h1-4,7,10H,5-6H2,(H,18,19)(H,21,22)/b11-7-/t10-/m1/s1. The fourth-order valence-electron chi connectivity index (χ4n) is 2.08. The van der Waals surface area contributed by atoms with E-state index in [-0.39, 0.29) is 15.6 Å². The molecular formula is C15H12FNO5S2. The van der Waals surface area contributed by atoms with Gasteiger partial charge < -0.3 is 10.2 Å². The third-order valence-corrected chi connectivity index (χ3v) is 4.55. The third-order valence-electron chi connectivity index (χ3n) is 3.22.